The standard InChI is InChI=1S/C9H8FNO.C5H9NO/c10-8-3-1-7(2-4-8)9-5-11-6-12-9;7-5-6-3-1-2-4-6/h1-4,6,9H,5H2;5H,1-4H2. The van der Waals surface area contributed by atoms with Crippen LogP contribution in [0, 0.1) is 5.82 Å². The van der Waals surface area contributed by atoms with E-state index in [2.05, 4.69) is 4.99 Å². The van der Waals surface area contributed by atoms with E-state index < -0.39 is 0 Å². The Balaban J connectivity index is 0.000000163. The summed E-state index contributed by atoms with van der Waals surface area (Å²) in [4.78, 5) is 15.7. The lowest BCUT2D eigenvalue weighted by Gasteiger charge is -2.07. The lowest BCUT2D eigenvalue weighted by Crippen LogP contribution is -2.15. The summed E-state index contributed by atoms with van der Waals surface area (Å²) in [6.45, 7) is 2.58. The Hall–Kier alpha value is -1.91. The van der Waals surface area contributed by atoms with Gasteiger partial charge in [-0.25, -0.2) is 4.39 Å². The fourth-order valence-corrected chi connectivity index (χ4v) is 2.01. The quantitative estimate of drug-likeness (QED) is 0.768. The van der Waals surface area contributed by atoms with Gasteiger partial charge in [0.1, 0.15) is 11.9 Å². The third-order valence-electron chi connectivity index (χ3n) is 3.10. The van der Waals surface area contributed by atoms with E-state index in [0.29, 0.717) is 6.54 Å². The minimum absolute atomic E-state index is 0.0226. The molecule has 0 N–H and O–H groups in total. The van der Waals surface area contributed by atoms with Gasteiger partial charge < -0.3 is 9.64 Å². The number of hydrogen-bond acceptors (Lipinski definition) is 3. The van der Waals surface area contributed by atoms with Crippen molar-refractivity contribution in [2.75, 3.05) is 19.6 Å². The van der Waals surface area contributed by atoms with Crippen LogP contribution in [-0.4, -0.2) is 37.3 Å². The van der Waals surface area contributed by atoms with Crippen molar-refractivity contribution in [1.29, 1.82) is 0 Å². The van der Waals surface area contributed by atoms with Crippen molar-refractivity contribution in [2.45, 2.75) is 18.9 Å². The van der Waals surface area contributed by atoms with E-state index in [1.54, 1.807) is 17.0 Å². The highest BCUT2D eigenvalue weighted by atomic mass is 19.1. The van der Waals surface area contributed by atoms with Gasteiger partial charge in [0.15, 0.2) is 6.40 Å². The van der Waals surface area contributed by atoms with Crippen molar-refractivity contribution in [3.05, 3.63) is 35.6 Å². The van der Waals surface area contributed by atoms with Crippen LogP contribution in [0.4, 0.5) is 4.39 Å². The third-order valence-corrected chi connectivity index (χ3v) is 3.10. The van der Waals surface area contributed by atoms with E-state index in [1.165, 1.54) is 31.4 Å². The Kier molecular flexibility index (Phi) is 4.89. The number of nitrogens with zero attached hydrogens (tertiary/aromatic N) is 2. The van der Waals surface area contributed by atoms with E-state index in [-0.39, 0.29) is 11.9 Å². The maximum absolute atomic E-state index is 12.5. The molecule has 0 spiro atoms. The highest BCUT2D eigenvalue weighted by Crippen LogP contribution is 2.20. The van der Waals surface area contributed by atoms with Gasteiger partial charge in [-0.15, -0.1) is 0 Å². The Bertz CT molecular complexity index is 420. The molecule has 102 valence electrons. The molecule has 3 rings (SSSR count). The number of amides is 1. The lowest BCUT2D eigenvalue weighted by molar-refractivity contribution is -0.117. The van der Waals surface area contributed by atoms with E-state index >= 15 is 0 Å². The molecule has 2 heterocycles. The zero-order valence-corrected chi connectivity index (χ0v) is 10.7. The number of ether oxygens (including phenoxy) is 1. The number of benzene rings is 1. The van der Waals surface area contributed by atoms with Crippen molar-refractivity contribution >= 4 is 12.8 Å². The maximum atomic E-state index is 12.5. The van der Waals surface area contributed by atoms with Crippen LogP contribution >= 0.6 is 0 Å². The first-order chi connectivity index (χ1) is 9.29. The minimum atomic E-state index is -0.224. The van der Waals surface area contributed by atoms with Gasteiger partial charge in [-0.05, 0) is 30.5 Å². The molecule has 0 bridgehead atoms. The van der Waals surface area contributed by atoms with Crippen LogP contribution in [0.3, 0.4) is 0 Å². The van der Waals surface area contributed by atoms with Crippen LogP contribution in [0.2, 0.25) is 0 Å². The molecular weight excluding hydrogens is 247 g/mol. The Morgan fingerprint density at radius 1 is 1.26 bits per heavy atom. The van der Waals surface area contributed by atoms with Crippen LogP contribution in [0.25, 0.3) is 0 Å². The van der Waals surface area contributed by atoms with E-state index in [0.717, 1.165) is 25.1 Å². The molecule has 1 aromatic rings. The molecule has 1 atom stereocenters. The summed E-state index contributed by atoms with van der Waals surface area (Å²) in [6, 6.07) is 6.29. The van der Waals surface area contributed by atoms with E-state index in [9.17, 15) is 9.18 Å². The average Bonchev–Trinajstić information content (AvgIpc) is 3.14. The molecule has 0 aliphatic carbocycles. The molecule has 1 aromatic carbocycles. The zero-order valence-electron chi connectivity index (χ0n) is 10.7. The van der Waals surface area contributed by atoms with Crippen molar-refractivity contribution in [2.24, 2.45) is 4.99 Å². The number of carbonyl (C=O) groups is 1. The minimum Gasteiger partial charge on any atom is -0.474 e. The first-order valence-corrected chi connectivity index (χ1v) is 6.38. The predicted molar refractivity (Wildman–Crippen MR) is 70.5 cm³/mol. The van der Waals surface area contributed by atoms with Gasteiger partial charge in [-0.3, -0.25) is 9.79 Å². The largest absolute Gasteiger partial charge is 0.474 e. The van der Waals surface area contributed by atoms with Crippen LogP contribution in [0.5, 0.6) is 0 Å². The Morgan fingerprint density at radius 2 is 1.95 bits per heavy atom. The summed E-state index contributed by atoms with van der Waals surface area (Å²) in [6.07, 6.45) is 4.73. The second-order valence-corrected chi connectivity index (χ2v) is 4.50. The summed E-state index contributed by atoms with van der Waals surface area (Å²) in [7, 11) is 0. The molecule has 4 nitrogen and oxygen atoms in total. The second kappa shape index (κ2) is 6.87. The summed E-state index contributed by atoms with van der Waals surface area (Å²) in [5.74, 6) is -0.224. The summed E-state index contributed by atoms with van der Waals surface area (Å²) < 4.78 is 17.7. The van der Waals surface area contributed by atoms with Gasteiger partial charge >= 0.3 is 0 Å². The highest BCUT2D eigenvalue weighted by molar-refractivity contribution is 5.50. The molecule has 1 unspecified atom stereocenters. The number of halogens is 1. The van der Waals surface area contributed by atoms with E-state index in [1.807, 2.05) is 0 Å². The van der Waals surface area contributed by atoms with Gasteiger partial charge in [-0.1, -0.05) is 12.1 Å². The number of likely N-dealkylation sites (tertiary alicyclic amines) is 1. The molecule has 0 saturated carbocycles. The fourth-order valence-electron chi connectivity index (χ4n) is 2.01. The Labute approximate surface area is 111 Å². The predicted octanol–water partition coefficient (Wildman–Crippen LogP) is 2.16. The SMILES string of the molecule is Fc1ccc(C2CN=CO2)cc1.O=CN1CCCC1. The molecule has 19 heavy (non-hydrogen) atoms. The number of carbonyl (C=O) groups excluding carboxylic acids is 1. The van der Waals surface area contributed by atoms with Gasteiger partial charge in [0.2, 0.25) is 6.41 Å². The summed E-state index contributed by atoms with van der Waals surface area (Å²) in [5, 5.41) is 0. The van der Waals surface area contributed by atoms with Gasteiger partial charge in [-0.2, -0.15) is 0 Å². The third kappa shape index (κ3) is 4.05. The molecule has 1 saturated heterocycles. The summed E-state index contributed by atoms with van der Waals surface area (Å²) in [5.41, 5.74) is 0.967. The molecule has 2 aliphatic rings. The molecular formula is C14H17FN2O2. The molecule has 1 amide bonds. The van der Waals surface area contributed by atoms with Crippen molar-refractivity contribution < 1.29 is 13.9 Å². The molecule has 1 fully saturated rings. The molecule has 2 aliphatic heterocycles. The first-order valence-electron chi connectivity index (χ1n) is 6.38. The topological polar surface area (TPSA) is 41.9 Å². The number of rotatable bonds is 2. The van der Waals surface area contributed by atoms with Gasteiger partial charge in [0.25, 0.3) is 0 Å². The number of hydrogen-bond donors (Lipinski definition) is 0. The van der Waals surface area contributed by atoms with E-state index in [4.69, 9.17) is 4.74 Å². The smallest absolute Gasteiger partial charge is 0.209 e. The maximum Gasteiger partial charge on any atom is 0.209 e. The second-order valence-electron chi connectivity index (χ2n) is 4.50. The summed E-state index contributed by atoms with van der Waals surface area (Å²) >= 11 is 0. The molecule has 5 heteroatoms. The lowest BCUT2D eigenvalue weighted by atomic mass is 10.1. The van der Waals surface area contributed by atoms with Gasteiger partial charge in [0, 0.05) is 13.1 Å². The molecule has 0 aromatic heterocycles. The van der Waals surface area contributed by atoms with Crippen molar-refractivity contribution in [3.8, 4) is 0 Å². The molecule has 0 radical (unpaired) electrons. The fraction of sp³-hybridized carbons (Fsp3) is 0.429. The number of aliphatic imine (C=N–C) groups is 1. The van der Waals surface area contributed by atoms with Gasteiger partial charge in [0.05, 0.1) is 6.54 Å². The zero-order chi connectivity index (χ0) is 13.5. The highest BCUT2D eigenvalue weighted by Gasteiger charge is 2.14. The average molecular weight is 264 g/mol. The first kappa shape index (κ1) is 13.5. The monoisotopic (exact) mass is 264 g/mol. The Morgan fingerprint density at radius 3 is 2.42 bits per heavy atom. The van der Waals surface area contributed by atoms with Crippen LogP contribution in [-0.2, 0) is 9.53 Å². The van der Waals surface area contributed by atoms with Crippen LogP contribution in [0.15, 0.2) is 29.3 Å². The van der Waals surface area contributed by atoms with Crippen molar-refractivity contribution in [1.82, 2.24) is 4.90 Å². The normalized spacial score (nSPS) is 20.7. The van der Waals surface area contributed by atoms with Crippen LogP contribution in [0.1, 0.15) is 24.5 Å². The van der Waals surface area contributed by atoms with Crippen molar-refractivity contribution in [3.63, 3.8) is 0 Å². The van der Waals surface area contributed by atoms with Crippen LogP contribution < -0.4 is 0 Å².